The van der Waals surface area contributed by atoms with Crippen LogP contribution in [0, 0.1) is 0 Å². The molecule has 2 aliphatic heterocycles. The monoisotopic (exact) mass is 1380 g/mol. The average molecular weight is 1380 g/mol. The molecule has 18 heteroatoms. The van der Waals surface area contributed by atoms with Crippen LogP contribution in [0.15, 0.2) is 243 Å². The highest BCUT2D eigenvalue weighted by Gasteiger charge is 2.46. The number of para-hydroxylation sites is 4. The molecule has 2 aliphatic rings. The molecule has 0 aliphatic carbocycles. The van der Waals surface area contributed by atoms with Crippen molar-refractivity contribution in [2.24, 2.45) is 0 Å². The van der Waals surface area contributed by atoms with Gasteiger partial charge in [-0.05, 0) is 183 Å². The van der Waals surface area contributed by atoms with Crippen LogP contribution in [0.25, 0.3) is 43.1 Å². The van der Waals surface area contributed by atoms with Crippen LogP contribution in [0.3, 0.4) is 0 Å². The van der Waals surface area contributed by atoms with E-state index in [-0.39, 0.29) is 138 Å². The topological polar surface area (TPSA) is 233 Å². The molecule has 2 heterocycles. The SMILES string of the molecule is CC(C(=O)N(c1ccccc1)c1ccccc1)N1C(=O)c2cc(Oc3ccc(CCO)cc3)c3c4c(Oc5ccc(CCO)cc5)cc5c6c(cc(Oc7ccc(CCO)cc7)c(c7c(Oc8ccc(CCO)cc8)cc(c2c37)C1=O)c64)C(=O)N(C(C)C(=O)N(c1ccccc1)c1ccccc1)C5=O. The van der Waals surface area contributed by atoms with Gasteiger partial charge < -0.3 is 39.4 Å². The second kappa shape index (κ2) is 28.4. The first kappa shape index (κ1) is 67.3. The van der Waals surface area contributed by atoms with Gasteiger partial charge in [-0.15, -0.1) is 0 Å². The molecule has 2 unspecified atom stereocenters. The number of hydrogen-bond donors (Lipinski definition) is 4. The number of imide groups is 2. The fourth-order valence-electron chi connectivity index (χ4n) is 14.2. The van der Waals surface area contributed by atoms with E-state index in [4.69, 9.17) is 18.9 Å². The lowest BCUT2D eigenvalue weighted by Gasteiger charge is -2.36. The van der Waals surface area contributed by atoms with Crippen LogP contribution in [0.1, 0.15) is 77.5 Å². The Bertz CT molecular complexity index is 4820. The van der Waals surface area contributed by atoms with Gasteiger partial charge in [0.25, 0.3) is 35.4 Å². The number of carbonyl (C=O) groups excluding carboxylic acids is 6. The van der Waals surface area contributed by atoms with Gasteiger partial charge >= 0.3 is 0 Å². The van der Waals surface area contributed by atoms with Crippen LogP contribution in [0.4, 0.5) is 22.7 Å². The molecular weight excluding hydrogens is 1310 g/mol. The highest BCUT2D eigenvalue weighted by molar-refractivity contribution is 6.45. The third-order valence-corrected chi connectivity index (χ3v) is 19.2. The predicted octanol–water partition coefficient (Wildman–Crippen LogP) is 15.7. The molecule has 0 fully saturated rings. The third-order valence-electron chi connectivity index (χ3n) is 19.2. The zero-order valence-corrected chi connectivity index (χ0v) is 56.6. The zero-order chi connectivity index (χ0) is 71.9. The number of anilines is 4. The predicted molar refractivity (Wildman–Crippen MR) is 397 cm³/mol. The van der Waals surface area contributed by atoms with Crippen molar-refractivity contribution in [3.05, 3.63) is 287 Å². The quantitative estimate of drug-likeness (QED) is 0.0250. The molecule has 4 N–H and O–H groups in total. The molecule has 0 saturated heterocycles. The van der Waals surface area contributed by atoms with Gasteiger partial charge in [-0.3, -0.25) is 48.4 Å². The number of fused-ring (bicyclic) bond motifs is 2. The molecule has 6 amide bonds. The number of aliphatic hydroxyl groups is 4. The van der Waals surface area contributed by atoms with Gasteiger partial charge in [-0.1, -0.05) is 121 Å². The number of benzene rings is 13. The van der Waals surface area contributed by atoms with Crippen LogP contribution in [0.2, 0.25) is 0 Å². The fraction of sp³-hybridized carbons (Fsp3) is 0.140. The van der Waals surface area contributed by atoms with Gasteiger partial charge in [0.1, 0.15) is 58.1 Å². The number of amides is 6. The average Bonchev–Trinajstić information content (AvgIpc) is 0.671. The normalized spacial score (nSPS) is 13.2. The molecule has 0 spiro atoms. The van der Waals surface area contributed by atoms with E-state index < -0.39 is 47.5 Å². The summed E-state index contributed by atoms with van der Waals surface area (Å²) in [5, 5.41) is 41.6. The first-order chi connectivity index (χ1) is 50.7. The lowest BCUT2D eigenvalue weighted by Crippen LogP contribution is -2.52. The minimum atomic E-state index is -1.48. The Morgan fingerprint density at radius 2 is 0.519 bits per heavy atom. The number of ether oxygens (including phenoxy) is 4. The molecular formula is C86H68N4O14. The van der Waals surface area contributed by atoms with Crippen LogP contribution in [-0.2, 0) is 35.3 Å². The second-order valence-electron chi connectivity index (χ2n) is 25.6. The largest absolute Gasteiger partial charge is 0.457 e. The lowest BCUT2D eigenvalue weighted by molar-refractivity contribution is -0.121. The van der Waals surface area contributed by atoms with E-state index >= 15 is 28.8 Å². The van der Waals surface area contributed by atoms with E-state index in [1.54, 1.807) is 194 Å². The molecule has 0 radical (unpaired) electrons. The van der Waals surface area contributed by atoms with Crippen LogP contribution >= 0.6 is 0 Å². The Labute approximate surface area is 597 Å². The van der Waals surface area contributed by atoms with Crippen molar-refractivity contribution in [3.8, 4) is 46.0 Å². The lowest BCUT2D eigenvalue weighted by atomic mass is 9.80. The fourth-order valence-corrected chi connectivity index (χ4v) is 14.2. The molecule has 18 nitrogen and oxygen atoms in total. The molecule has 516 valence electrons. The molecule has 0 saturated carbocycles. The van der Waals surface area contributed by atoms with Gasteiger partial charge in [0, 0.05) is 92.3 Å². The molecule has 15 rings (SSSR count). The van der Waals surface area contributed by atoms with E-state index in [9.17, 15) is 20.4 Å². The van der Waals surface area contributed by atoms with Gasteiger partial charge in [0.15, 0.2) is 0 Å². The zero-order valence-electron chi connectivity index (χ0n) is 56.6. The second-order valence-corrected chi connectivity index (χ2v) is 25.6. The molecule has 0 aromatic heterocycles. The summed E-state index contributed by atoms with van der Waals surface area (Å²) in [7, 11) is 0. The van der Waals surface area contributed by atoms with Crippen molar-refractivity contribution >= 4 is 101 Å². The van der Waals surface area contributed by atoms with Crippen molar-refractivity contribution in [1.82, 2.24) is 9.80 Å². The Balaban J connectivity index is 1.06. The maximum Gasteiger partial charge on any atom is 0.262 e. The van der Waals surface area contributed by atoms with Crippen LogP contribution < -0.4 is 28.7 Å². The standard InChI is InChI=1S/C86H68N4O14/c1-51(81(95)89(57-15-7-3-8-16-57)58-17-9-4-10-18-58)87-83(97)65-47-69(101-61-31-23-53(24-32-61)39-43-91)75-77-71(103-63-35-27-55(28-36-63)41-45-93)49-67-74-68(86(100)88(85(67)99)52(2)82(96)90(59-19-11-5-12-20-59)60-21-13-6-14-22-60)50-72(104-64-37-29-56(30-38-64)42-46-94)78(80(74)77)76-70(48-66(84(87)98)73(65)79(75)76)102-62-33-25-54(26-34-62)40-44-92/h3-38,47-52,91-94H,39-46H2,1-2H3. The summed E-state index contributed by atoms with van der Waals surface area (Å²) in [4.78, 5) is 101. The molecule has 13 aromatic carbocycles. The minimum absolute atomic E-state index is 0.00426. The smallest absolute Gasteiger partial charge is 0.262 e. The summed E-state index contributed by atoms with van der Waals surface area (Å²) in [6.07, 6.45) is 1.31. The molecule has 104 heavy (non-hydrogen) atoms. The van der Waals surface area contributed by atoms with Gasteiger partial charge in [0.05, 0.1) is 22.3 Å². The summed E-state index contributed by atoms with van der Waals surface area (Å²) in [5.41, 5.74) is 4.79. The Morgan fingerprint density at radius 1 is 0.308 bits per heavy atom. The summed E-state index contributed by atoms with van der Waals surface area (Å²) < 4.78 is 28.8. The highest BCUT2D eigenvalue weighted by Crippen LogP contribution is 2.58. The maximum atomic E-state index is 16.3. The van der Waals surface area contributed by atoms with Crippen molar-refractivity contribution in [3.63, 3.8) is 0 Å². The van der Waals surface area contributed by atoms with Crippen LogP contribution in [-0.4, -0.2) is 104 Å². The van der Waals surface area contributed by atoms with E-state index in [2.05, 4.69) is 0 Å². The van der Waals surface area contributed by atoms with Crippen molar-refractivity contribution in [1.29, 1.82) is 0 Å². The number of rotatable bonds is 24. The number of carbonyl (C=O) groups is 6. The summed E-state index contributed by atoms with van der Waals surface area (Å²) in [6.45, 7) is 2.47. The van der Waals surface area contributed by atoms with Crippen molar-refractivity contribution in [2.45, 2.75) is 51.6 Å². The van der Waals surface area contributed by atoms with Crippen molar-refractivity contribution < 1.29 is 68.1 Å². The first-order valence-electron chi connectivity index (χ1n) is 34.3. The first-order valence-corrected chi connectivity index (χ1v) is 34.3. The highest BCUT2D eigenvalue weighted by atomic mass is 16.5. The number of aliphatic hydroxyl groups excluding tert-OH is 4. The number of nitrogens with zero attached hydrogens (tertiary/aromatic N) is 4. The van der Waals surface area contributed by atoms with E-state index in [0.717, 1.165) is 32.1 Å². The van der Waals surface area contributed by atoms with E-state index in [1.165, 1.54) is 47.9 Å². The Morgan fingerprint density at radius 3 is 0.721 bits per heavy atom. The number of hydrogen-bond acceptors (Lipinski definition) is 14. The summed E-state index contributed by atoms with van der Waals surface area (Å²) in [5.74, 6) is -3.59. The Kier molecular flexibility index (Phi) is 18.4. The minimum Gasteiger partial charge on any atom is -0.457 e. The molecule has 0 bridgehead atoms. The molecule has 2 atom stereocenters. The van der Waals surface area contributed by atoms with Crippen molar-refractivity contribution in [2.75, 3.05) is 36.2 Å². The van der Waals surface area contributed by atoms with E-state index in [0.29, 0.717) is 48.4 Å². The van der Waals surface area contributed by atoms with E-state index in [1.807, 2.05) is 24.3 Å². The Hall–Kier alpha value is -12.6. The van der Waals surface area contributed by atoms with Crippen LogP contribution in [0.5, 0.6) is 46.0 Å². The van der Waals surface area contributed by atoms with Gasteiger partial charge in [-0.25, -0.2) is 0 Å². The van der Waals surface area contributed by atoms with Gasteiger partial charge in [-0.2, -0.15) is 0 Å². The maximum absolute atomic E-state index is 16.3. The summed E-state index contributed by atoms with van der Waals surface area (Å²) >= 11 is 0. The summed E-state index contributed by atoms with van der Waals surface area (Å²) in [6, 6.07) is 66.7. The molecule has 13 aromatic rings. The third kappa shape index (κ3) is 12.2. The van der Waals surface area contributed by atoms with Gasteiger partial charge in [0.2, 0.25) is 0 Å².